The highest BCUT2D eigenvalue weighted by Gasteiger charge is 2.06. The number of rotatable bonds is 1. The van der Waals surface area contributed by atoms with Gasteiger partial charge in [0.1, 0.15) is 0 Å². The molecule has 1 heterocycles. The number of H-pyrrole nitrogens is 1. The third kappa shape index (κ3) is 2.45. The Bertz CT molecular complexity index is 565. The molecule has 5 heteroatoms. The molecule has 0 bridgehead atoms. The SMILES string of the molecule is CC(N)c1cc2cc(Br)ccc2[nH]c1=O.Cl. The summed E-state index contributed by atoms with van der Waals surface area (Å²) in [5.41, 5.74) is 7.04. The maximum atomic E-state index is 11.6. The van der Waals surface area contributed by atoms with Crippen molar-refractivity contribution in [2.24, 2.45) is 5.73 Å². The Hall–Kier alpha value is -0.840. The van der Waals surface area contributed by atoms with E-state index in [0.717, 1.165) is 15.4 Å². The first-order valence-corrected chi connectivity index (χ1v) is 5.45. The van der Waals surface area contributed by atoms with Gasteiger partial charge in [0.2, 0.25) is 0 Å². The van der Waals surface area contributed by atoms with Crippen molar-refractivity contribution in [3.05, 3.63) is 44.7 Å². The molecule has 0 aliphatic rings. The third-order valence-corrected chi connectivity index (χ3v) is 2.82. The first-order valence-electron chi connectivity index (χ1n) is 4.66. The molecule has 0 aliphatic heterocycles. The molecule has 1 aromatic heterocycles. The van der Waals surface area contributed by atoms with Gasteiger partial charge in [0.05, 0.1) is 0 Å². The summed E-state index contributed by atoms with van der Waals surface area (Å²) in [6.07, 6.45) is 0. The van der Waals surface area contributed by atoms with Gasteiger partial charge in [0, 0.05) is 21.6 Å². The van der Waals surface area contributed by atoms with Gasteiger partial charge in [-0.1, -0.05) is 15.9 Å². The van der Waals surface area contributed by atoms with E-state index >= 15 is 0 Å². The predicted molar refractivity (Wildman–Crippen MR) is 72.1 cm³/mol. The molecule has 3 nitrogen and oxygen atoms in total. The summed E-state index contributed by atoms with van der Waals surface area (Å²) < 4.78 is 0.984. The van der Waals surface area contributed by atoms with Gasteiger partial charge in [0.15, 0.2) is 0 Å². The van der Waals surface area contributed by atoms with Crippen LogP contribution >= 0.6 is 28.3 Å². The number of nitrogens with two attached hydrogens (primary N) is 1. The quantitative estimate of drug-likeness (QED) is 0.851. The van der Waals surface area contributed by atoms with Gasteiger partial charge in [-0.15, -0.1) is 12.4 Å². The molecule has 0 saturated carbocycles. The maximum Gasteiger partial charge on any atom is 0.253 e. The molecule has 2 aromatic rings. The zero-order chi connectivity index (χ0) is 11.0. The highest BCUT2D eigenvalue weighted by molar-refractivity contribution is 9.10. The van der Waals surface area contributed by atoms with Crippen molar-refractivity contribution in [1.82, 2.24) is 4.98 Å². The van der Waals surface area contributed by atoms with E-state index in [1.807, 2.05) is 24.3 Å². The van der Waals surface area contributed by atoms with Gasteiger partial charge in [-0.3, -0.25) is 4.79 Å². The van der Waals surface area contributed by atoms with E-state index in [1.54, 1.807) is 6.92 Å². The number of halogens is 2. The van der Waals surface area contributed by atoms with Crippen LogP contribution in [0.15, 0.2) is 33.5 Å². The van der Waals surface area contributed by atoms with E-state index in [2.05, 4.69) is 20.9 Å². The Labute approximate surface area is 108 Å². The largest absolute Gasteiger partial charge is 0.324 e. The van der Waals surface area contributed by atoms with Crippen LogP contribution in [0.5, 0.6) is 0 Å². The van der Waals surface area contributed by atoms with E-state index in [1.165, 1.54) is 0 Å². The van der Waals surface area contributed by atoms with Gasteiger partial charge in [-0.25, -0.2) is 0 Å². The Morgan fingerprint density at radius 3 is 2.69 bits per heavy atom. The molecule has 16 heavy (non-hydrogen) atoms. The first kappa shape index (κ1) is 13.2. The monoisotopic (exact) mass is 302 g/mol. The molecule has 1 unspecified atom stereocenters. The number of hydrogen-bond donors (Lipinski definition) is 2. The van der Waals surface area contributed by atoms with Crippen molar-refractivity contribution < 1.29 is 0 Å². The summed E-state index contributed by atoms with van der Waals surface area (Å²) in [5, 5.41) is 0.983. The topological polar surface area (TPSA) is 58.9 Å². The van der Waals surface area contributed by atoms with Crippen molar-refractivity contribution in [3.8, 4) is 0 Å². The average Bonchev–Trinajstić information content (AvgIpc) is 2.17. The van der Waals surface area contributed by atoms with E-state index in [4.69, 9.17) is 5.73 Å². The Balaban J connectivity index is 0.00000128. The zero-order valence-electron chi connectivity index (χ0n) is 8.66. The Kier molecular flexibility index (Phi) is 4.13. The molecular weight excluding hydrogens is 291 g/mol. The number of aromatic amines is 1. The summed E-state index contributed by atoms with van der Waals surface area (Å²) in [5.74, 6) is 0. The Morgan fingerprint density at radius 1 is 1.38 bits per heavy atom. The normalized spacial score (nSPS) is 12.2. The highest BCUT2D eigenvalue weighted by atomic mass is 79.9. The summed E-state index contributed by atoms with van der Waals surface area (Å²) in [7, 11) is 0. The molecule has 0 fully saturated rings. The fraction of sp³-hybridized carbons (Fsp3) is 0.182. The second kappa shape index (κ2) is 4.99. The lowest BCUT2D eigenvalue weighted by Gasteiger charge is -2.06. The minimum absolute atomic E-state index is 0. The van der Waals surface area contributed by atoms with Crippen LogP contribution in [0, 0.1) is 0 Å². The summed E-state index contributed by atoms with van der Waals surface area (Å²) in [6, 6.07) is 7.30. The zero-order valence-corrected chi connectivity index (χ0v) is 11.1. The molecule has 0 aliphatic carbocycles. The fourth-order valence-corrected chi connectivity index (χ4v) is 1.91. The van der Waals surface area contributed by atoms with Crippen molar-refractivity contribution in [2.75, 3.05) is 0 Å². The Morgan fingerprint density at radius 2 is 2.06 bits per heavy atom. The molecular formula is C11H12BrClN2O. The first-order chi connectivity index (χ1) is 7.08. The molecule has 3 N–H and O–H groups in total. The maximum absolute atomic E-state index is 11.6. The van der Waals surface area contributed by atoms with Crippen LogP contribution < -0.4 is 11.3 Å². The van der Waals surface area contributed by atoms with Crippen LogP contribution in [0.25, 0.3) is 10.9 Å². The number of hydrogen-bond acceptors (Lipinski definition) is 2. The van der Waals surface area contributed by atoms with Gasteiger partial charge in [-0.05, 0) is 36.6 Å². The molecule has 0 saturated heterocycles. The number of aromatic nitrogens is 1. The third-order valence-electron chi connectivity index (χ3n) is 2.33. The van der Waals surface area contributed by atoms with Gasteiger partial charge in [-0.2, -0.15) is 0 Å². The molecule has 2 rings (SSSR count). The van der Waals surface area contributed by atoms with Crippen LogP contribution in [-0.4, -0.2) is 4.98 Å². The molecule has 1 atom stereocenters. The molecule has 0 spiro atoms. The van der Waals surface area contributed by atoms with E-state index in [-0.39, 0.29) is 24.0 Å². The van der Waals surface area contributed by atoms with Gasteiger partial charge < -0.3 is 10.7 Å². The fourth-order valence-electron chi connectivity index (χ4n) is 1.53. The second-order valence-electron chi connectivity index (χ2n) is 3.57. The van der Waals surface area contributed by atoms with E-state index < -0.39 is 0 Å². The lowest BCUT2D eigenvalue weighted by Crippen LogP contribution is -2.19. The minimum Gasteiger partial charge on any atom is -0.324 e. The number of pyridine rings is 1. The van der Waals surface area contributed by atoms with Gasteiger partial charge >= 0.3 is 0 Å². The lowest BCUT2D eigenvalue weighted by atomic mass is 10.1. The van der Waals surface area contributed by atoms with Crippen LogP contribution in [0.2, 0.25) is 0 Å². The number of nitrogens with one attached hydrogen (secondary N) is 1. The summed E-state index contributed by atoms with van der Waals surface area (Å²) in [4.78, 5) is 14.4. The summed E-state index contributed by atoms with van der Waals surface area (Å²) in [6.45, 7) is 1.80. The van der Waals surface area contributed by atoms with Gasteiger partial charge in [0.25, 0.3) is 5.56 Å². The minimum atomic E-state index is -0.253. The van der Waals surface area contributed by atoms with Crippen molar-refractivity contribution in [1.29, 1.82) is 0 Å². The lowest BCUT2D eigenvalue weighted by molar-refractivity contribution is 0.804. The van der Waals surface area contributed by atoms with Crippen LogP contribution in [0.1, 0.15) is 18.5 Å². The molecule has 1 aromatic carbocycles. The molecule has 0 radical (unpaired) electrons. The van der Waals surface area contributed by atoms with Crippen molar-refractivity contribution in [2.45, 2.75) is 13.0 Å². The second-order valence-corrected chi connectivity index (χ2v) is 4.49. The van der Waals surface area contributed by atoms with Crippen LogP contribution in [-0.2, 0) is 0 Å². The average molecular weight is 304 g/mol. The van der Waals surface area contributed by atoms with Crippen molar-refractivity contribution >= 4 is 39.2 Å². The molecule has 86 valence electrons. The number of fused-ring (bicyclic) bond motifs is 1. The smallest absolute Gasteiger partial charge is 0.253 e. The standard InChI is InChI=1S/C11H11BrN2O.ClH/c1-6(13)9-5-7-4-8(12)2-3-10(7)14-11(9)15;/h2-6H,13H2,1H3,(H,14,15);1H. The van der Waals surface area contributed by atoms with Crippen molar-refractivity contribution in [3.63, 3.8) is 0 Å². The van der Waals surface area contributed by atoms with Crippen LogP contribution in [0.3, 0.4) is 0 Å². The molecule has 0 amide bonds. The van der Waals surface area contributed by atoms with Crippen LogP contribution in [0.4, 0.5) is 0 Å². The van der Waals surface area contributed by atoms with E-state index in [9.17, 15) is 4.79 Å². The predicted octanol–water partition coefficient (Wildman–Crippen LogP) is 2.73. The number of benzene rings is 1. The summed E-state index contributed by atoms with van der Waals surface area (Å²) >= 11 is 3.39. The highest BCUT2D eigenvalue weighted by Crippen LogP contribution is 2.18. The van der Waals surface area contributed by atoms with E-state index in [0.29, 0.717) is 5.56 Å².